The molecule has 0 fully saturated rings. The zero-order chi connectivity index (χ0) is 19.9. The molecule has 1 heterocycles. The van der Waals surface area contributed by atoms with Gasteiger partial charge >= 0.3 is 0 Å². The van der Waals surface area contributed by atoms with E-state index in [-0.39, 0.29) is 18.7 Å². The Bertz CT molecular complexity index is 886. The summed E-state index contributed by atoms with van der Waals surface area (Å²) in [4.78, 5) is 12.5. The van der Waals surface area contributed by atoms with Crippen LogP contribution in [-0.4, -0.2) is 15.7 Å². The number of carbonyl (C=O) groups is 1. The van der Waals surface area contributed by atoms with Gasteiger partial charge in [0.15, 0.2) is 6.73 Å². The lowest BCUT2D eigenvalue weighted by Gasteiger charge is -2.16. The van der Waals surface area contributed by atoms with Crippen molar-refractivity contribution in [2.75, 3.05) is 0 Å². The van der Waals surface area contributed by atoms with Crippen LogP contribution in [0.25, 0.3) is 0 Å². The van der Waals surface area contributed by atoms with Gasteiger partial charge in [0.05, 0.1) is 6.04 Å². The first-order valence-electron chi connectivity index (χ1n) is 9.69. The fraction of sp³-hybridized carbons (Fsp3) is 0.304. The van der Waals surface area contributed by atoms with Crippen LogP contribution >= 0.6 is 0 Å². The van der Waals surface area contributed by atoms with Crippen molar-refractivity contribution < 1.29 is 9.53 Å². The fourth-order valence-corrected chi connectivity index (χ4v) is 2.98. The van der Waals surface area contributed by atoms with Crippen molar-refractivity contribution in [3.05, 3.63) is 83.7 Å². The Balaban J connectivity index is 1.57. The van der Waals surface area contributed by atoms with E-state index < -0.39 is 0 Å². The molecule has 5 heteroatoms. The van der Waals surface area contributed by atoms with Gasteiger partial charge in [-0.15, -0.1) is 0 Å². The van der Waals surface area contributed by atoms with Crippen LogP contribution in [0.1, 0.15) is 60.8 Å². The highest BCUT2D eigenvalue weighted by Gasteiger charge is 2.16. The van der Waals surface area contributed by atoms with Gasteiger partial charge in [-0.3, -0.25) is 4.79 Å². The molecular weight excluding hydrogens is 350 g/mol. The number of ether oxygens (including phenoxy) is 1. The molecule has 5 nitrogen and oxygen atoms in total. The number of rotatable bonds is 8. The predicted molar refractivity (Wildman–Crippen MR) is 110 cm³/mol. The number of nitrogens with one attached hydrogen (secondary N) is 1. The molecular formula is C23H27N3O2. The molecule has 0 saturated heterocycles. The Morgan fingerprint density at radius 1 is 1.04 bits per heavy atom. The number of hydrogen-bond acceptors (Lipinski definition) is 3. The van der Waals surface area contributed by atoms with E-state index in [4.69, 9.17) is 4.74 Å². The molecule has 1 amide bonds. The van der Waals surface area contributed by atoms with Crippen LogP contribution in [0.15, 0.2) is 66.9 Å². The third-order valence-electron chi connectivity index (χ3n) is 4.70. The van der Waals surface area contributed by atoms with Gasteiger partial charge in [-0.05, 0) is 41.7 Å². The van der Waals surface area contributed by atoms with Gasteiger partial charge < -0.3 is 10.1 Å². The monoisotopic (exact) mass is 377 g/mol. The lowest BCUT2D eigenvalue weighted by atomic mass is 10.0. The zero-order valence-electron chi connectivity index (χ0n) is 16.6. The molecule has 0 aliphatic carbocycles. The van der Waals surface area contributed by atoms with E-state index >= 15 is 0 Å². The van der Waals surface area contributed by atoms with Crippen LogP contribution in [0, 0.1) is 0 Å². The normalized spacial score (nSPS) is 12.0. The molecule has 0 aliphatic heterocycles. The molecule has 2 aromatic carbocycles. The zero-order valence-corrected chi connectivity index (χ0v) is 16.6. The summed E-state index contributed by atoms with van der Waals surface area (Å²) in [6, 6.07) is 19.7. The van der Waals surface area contributed by atoms with E-state index in [0.717, 1.165) is 17.7 Å². The number of hydrogen-bond donors (Lipinski definition) is 1. The molecule has 3 rings (SSSR count). The Hall–Kier alpha value is -3.08. The second-order valence-corrected chi connectivity index (χ2v) is 7.08. The first-order valence-corrected chi connectivity index (χ1v) is 9.69. The van der Waals surface area contributed by atoms with Crippen molar-refractivity contribution in [2.24, 2.45) is 0 Å². The summed E-state index contributed by atoms with van der Waals surface area (Å²) in [7, 11) is 0. The maximum atomic E-state index is 12.5. The van der Waals surface area contributed by atoms with Gasteiger partial charge in [-0.25, -0.2) is 4.68 Å². The molecule has 1 atom stereocenters. The van der Waals surface area contributed by atoms with Crippen molar-refractivity contribution in [3.63, 3.8) is 0 Å². The third-order valence-corrected chi connectivity index (χ3v) is 4.70. The molecule has 0 bridgehead atoms. The SMILES string of the molecule is CCC(NC(=O)c1ccn(COc2ccc(C(C)C)cc2)n1)c1ccccc1. The second kappa shape index (κ2) is 9.22. The van der Waals surface area contributed by atoms with Crippen LogP contribution < -0.4 is 10.1 Å². The van der Waals surface area contributed by atoms with E-state index in [1.54, 1.807) is 16.9 Å². The predicted octanol–water partition coefficient (Wildman–Crippen LogP) is 4.92. The average Bonchev–Trinajstić information content (AvgIpc) is 3.20. The molecule has 0 aliphatic rings. The highest BCUT2D eigenvalue weighted by Crippen LogP contribution is 2.19. The summed E-state index contributed by atoms with van der Waals surface area (Å²) in [5.41, 5.74) is 2.74. The van der Waals surface area contributed by atoms with Gasteiger partial charge in [0, 0.05) is 6.20 Å². The summed E-state index contributed by atoms with van der Waals surface area (Å²) >= 11 is 0. The first kappa shape index (κ1) is 19.7. The maximum Gasteiger partial charge on any atom is 0.272 e. The summed E-state index contributed by atoms with van der Waals surface area (Å²) in [5.74, 6) is 1.08. The van der Waals surface area contributed by atoms with Crippen LogP contribution in [0.5, 0.6) is 5.75 Å². The van der Waals surface area contributed by atoms with Crippen LogP contribution in [-0.2, 0) is 6.73 Å². The van der Waals surface area contributed by atoms with Gasteiger partial charge in [0.1, 0.15) is 11.4 Å². The molecule has 1 aromatic heterocycles. The Kier molecular flexibility index (Phi) is 6.48. The largest absolute Gasteiger partial charge is 0.471 e. The Morgan fingerprint density at radius 3 is 2.39 bits per heavy atom. The molecule has 146 valence electrons. The summed E-state index contributed by atoms with van der Waals surface area (Å²) in [6.45, 7) is 6.62. The van der Waals surface area contributed by atoms with E-state index in [9.17, 15) is 4.79 Å². The molecule has 28 heavy (non-hydrogen) atoms. The van der Waals surface area contributed by atoms with Gasteiger partial charge in [-0.2, -0.15) is 5.10 Å². The van der Waals surface area contributed by atoms with Crippen molar-refractivity contribution in [1.82, 2.24) is 15.1 Å². The quantitative estimate of drug-likeness (QED) is 0.606. The molecule has 0 spiro atoms. The number of benzene rings is 2. The van der Waals surface area contributed by atoms with Gasteiger partial charge in [0.25, 0.3) is 5.91 Å². The molecule has 3 aromatic rings. The number of carbonyl (C=O) groups excluding carboxylic acids is 1. The topological polar surface area (TPSA) is 56.2 Å². The van der Waals surface area contributed by atoms with Crippen molar-refractivity contribution in [3.8, 4) is 5.75 Å². The van der Waals surface area contributed by atoms with E-state index in [1.165, 1.54) is 5.56 Å². The number of amides is 1. The Morgan fingerprint density at radius 2 is 1.75 bits per heavy atom. The van der Waals surface area contributed by atoms with E-state index in [2.05, 4.69) is 43.3 Å². The van der Waals surface area contributed by atoms with Crippen molar-refractivity contribution in [1.29, 1.82) is 0 Å². The van der Waals surface area contributed by atoms with Crippen LogP contribution in [0.4, 0.5) is 0 Å². The minimum atomic E-state index is -0.185. The summed E-state index contributed by atoms with van der Waals surface area (Å²) in [5, 5.41) is 7.38. The lowest BCUT2D eigenvalue weighted by Crippen LogP contribution is -2.28. The second-order valence-electron chi connectivity index (χ2n) is 7.08. The van der Waals surface area contributed by atoms with E-state index in [0.29, 0.717) is 11.6 Å². The van der Waals surface area contributed by atoms with Gasteiger partial charge in [-0.1, -0.05) is 63.2 Å². The third kappa shape index (κ3) is 5.00. The maximum absolute atomic E-state index is 12.5. The minimum Gasteiger partial charge on any atom is -0.471 e. The summed E-state index contributed by atoms with van der Waals surface area (Å²) in [6.07, 6.45) is 2.56. The summed E-state index contributed by atoms with van der Waals surface area (Å²) < 4.78 is 7.38. The van der Waals surface area contributed by atoms with Crippen molar-refractivity contribution in [2.45, 2.75) is 45.9 Å². The molecule has 1 unspecified atom stereocenters. The highest BCUT2D eigenvalue weighted by atomic mass is 16.5. The van der Waals surface area contributed by atoms with Crippen LogP contribution in [0.3, 0.4) is 0 Å². The minimum absolute atomic E-state index is 0.0328. The highest BCUT2D eigenvalue weighted by molar-refractivity contribution is 5.92. The smallest absolute Gasteiger partial charge is 0.272 e. The van der Waals surface area contributed by atoms with Crippen molar-refractivity contribution >= 4 is 5.91 Å². The average molecular weight is 377 g/mol. The fourth-order valence-electron chi connectivity index (χ4n) is 2.98. The molecule has 1 N–H and O–H groups in total. The van der Waals surface area contributed by atoms with Gasteiger partial charge in [0.2, 0.25) is 0 Å². The lowest BCUT2D eigenvalue weighted by molar-refractivity contribution is 0.0928. The number of nitrogens with zero attached hydrogens (tertiary/aromatic N) is 2. The number of aromatic nitrogens is 2. The standard InChI is InChI=1S/C23H27N3O2/c1-4-21(19-8-6-5-7-9-19)24-23(27)22-14-15-26(25-22)16-28-20-12-10-18(11-13-20)17(2)3/h5-15,17,21H,4,16H2,1-3H3,(H,24,27). The van der Waals surface area contributed by atoms with E-state index in [1.807, 2.05) is 42.5 Å². The Labute approximate surface area is 166 Å². The van der Waals surface area contributed by atoms with Crippen LogP contribution in [0.2, 0.25) is 0 Å². The molecule has 0 saturated carbocycles. The first-order chi connectivity index (χ1) is 13.6. The molecule has 0 radical (unpaired) electrons.